The Balaban J connectivity index is 1.92. The second-order valence-electron chi connectivity index (χ2n) is 4.71. The quantitative estimate of drug-likeness (QED) is 0.827. The van der Waals surface area contributed by atoms with Crippen LogP contribution in [0, 0.1) is 5.92 Å². The van der Waals surface area contributed by atoms with E-state index < -0.39 is 0 Å². The Morgan fingerprint density at radius 3 is 2.56 bits per heavy atom. The zero-order chi connectivity index (χ0) is 13.1. The summed E-state index contributed by atoms with van der Waals surface area (Å²) < 4.78 is 0. The van der Waals surface area contributed by atoms with Gasteiger partial charge in [0.1, 0.15) is 0 Å². The molecule has 1 saturated carbocycles. The van der Waals surface area contributed by atoms with Gasteiger partial charge in [0.2, 0.25) is 0 Å². The fourth-order valence-electron chi connectivity index (χ4n) is 2.37. The number of nitrogens with one attached hydrogen (secondary N) is 1. The molecule has 0 spiro atoms. The second kappa shape index (κ2) is 6.44. The average molecular weight is 309 g/mol. The van der Waals surface area contributed by atoms with Crippen molar-refractivity contribution in [2.24, 2.45) is 5.92 Å². The van der Waals surface area contributed by atoms with Crippen molar-refractivity contribution >= 4 is 34.8 Å². The highest BCUT2D eigenvalue weighted by Gasteiger charge is 2.24. The molecule has 1 aromatic carbocycles. The summed E-state index contributed by atoms with van der Waals surface area (Å²) in [5.74, 6) is 0.335. The molecule has 2 N–H and O–H groups in total. The monoisotopic (exact) mass is 307 g/mol. The minimum absolute atomic E-state index is 0.178. The van der Waals surface area contributed by atoms with Crippen LogP contribution in [0.1, 0.15) is 24.8 Å². The molecule has 2 atom stereocenters. The molecule has 1 fully saturated rings. The third kappa shape index (κ3) is 3.31. The maximum atomic E-state index is 9.73. The van der Waals surface area contributed by atoms with E-state index in [4.69, 9.17) is 34.8 Å². The van der Waals surface area contributed by atoms with Crippen LogP contribution in [0.2, 0.25) is 15.1 Å². The normalized spacial score (nSPS) is 23.6. The SMILES string of the molecule is OC1CCCC1CNCc1c(Cl)ccc(Cl)c1Cl. The molecule has 2 nitrogen and oxygen atoms in total. The summed E-state index contributed by atoms with van der Waals surface area (Å²) >= 11 is 18.2. The van der Waals surface area contributed by atoms with Gasteiger partial charge in [0.05, 0.1) is 16.1 Å². The van der Waals surface area contributed by atoms with E-state index in [9.17, 15) is 5.11 Å². The van der Waals surface area contributed by atoms with Crippen LogP contribution in [0.25, 0.3) is 0 Å². The minimum atomic E-state index is -0.178. The molecule has 0 bridgehead atoms. The highest BCUT2D eigenvalue weighted by Crippen LogP contribution is 2.31. The average Bonchev–Trinajstić information content (AvgIpc) is 2.74. The number of aliphatic hydroxyl groups excluding tert-OH is 1. The first kappa shape index (κ1) is 14.4. The molecule has 0 aliphatic heterocycles. The van der Waals surface area contributed by atoms with E-state index in [-0.39, 0.29) is 6.10 Å². The summed E-state index contributed by atoms with van der Waals surface area (Å²) in [5.41, 5.74) is 0.818. The minimum Gasteiger partial charge on any atom is -0.393 e. The number of hydrogen-bond donors (Lipinski definition) is 2. The lowest BCUT2D eigenvalue weighted by atomic mass is 10.1. The van der Waals surface area contributed by atoms with Crippen molar-refractivity contribution in [1.29, 1.82) is 0 Å². The van der Waals surface area contributed by atoms with Crippen LogP contribution < -0.4 is 5.32 Å². The van der Waals surface area contributed by atoms with Gasteiger partial charge in [-0.3, -0.25) is 0 Å². The van der Waals surface area contributed by atoms with Crippen molar-refractivity contribution in [3.63, 3.8) is 0 Å². The molecule has 0 amide bonds. The van der Waals surface area contributed by atoms with Crippen LogP contribution in [0.4, 0.5) is 0 Å². The molecule has 1 aliphatic rings. The van der Waals surface area contributed by atoms with E-state index in [2.05, 4.69) is 5.32 Å². The summed E-state index contributed by atoms with van der Waals surface area (Å²) in [6, 6.07) is 3.44. The Labute approximate surface area is 122 Å². The molecule has 0 radical (unpaired) electrons. The zero-order valence-electron chi connectivity index (χ0n) is 9.93. The fourth-order valence-corrected chi connectivity index (χ4v) is 3.05. The van der Waals surface area contributed by atoms with Crippen molar-refractivity contribution in [1.82, 2.24) is 5.32 Å². The van der Waals surface area contributed by atoms with Crippen LogP contribution in [0.3, 0.4) is 0 Å². The van der Waals surface area contributed by atoms with Crippen LogP contribution in [-0.2, 0) is 6.54 Å². The number of hydrogen-bond acceptors (Lipinski definition) is 2. The zero-order valence-corrected chi connectivity index (χ0v) is 12.2. The molecule has 2 rings (SSSR count). The summed E-state index contributed by atoms with van der Waals surface area (Å²) in [6.45, 7) is 1.35. The van der Waals surface area contributed by atoms with E-state index in [0.29, 0.717) is 27.5 Å². The third-order valence-corrected chi connectivity index (χ3v) is 4.66. The third-order valence-electron chi connectivity index (χ3n) is 3.47. The molecule has 0 heterocycles. The number of halogens is 3. The van der Waals surface area contributed by atoms with E-state index >= 15 is 0 Å². The number of rotatable bonds is 4. The summed E-state index contributed by atoms with van der Waals surface area (Å²) in [5, 5.41) is 14.7. The Morgan fingerprint density at radius 2 is 1.89 bits per heavy atom. The van der Waals surface area contributed by atoms with Crippen molar-refractivity contribution < 1.29 is 5.11 Å². The van der Waals surface area contributed by atoms with Gasteiger partial charge in [-0.1, -0.05) is 41.2 Å². The Morgan fingerprint density at radius 1 is 1.17 bits per heavy atom. The van der Waals surface area contributed by atoms with Gasteiger partial charge in [-0.25, -0.2) is 0 Å². The van der Waals surface area contributed by atoms with E-state index in [0.717, 1.165) is 31.4 Å². The molecule has 0 aromatic heterocycles. The predicted molar refractivity (Wildman–Crippen MR) is 76.5 cm³/mol. The molecule has 1 aliphatic carbocycles. The van der Waals surface area contributed by atoms with Crippen molar-refractivity contribution in [3.05, 3.63) is 32.8 Å². The maximum absolute atomic E-state index is 9.73. The number of aliphatic hydroxyl groups is 1. The first-order valence-corrected chi connectivity index (χ1v) is 7.24. The molecule has 18 heavy (non-hydrogen) atoms. The van der Waals surface area contributed by atoms with Gasteiger partial charge in [-0.2, -0.15) is 0 Å². The predicted octanol–water partition coefficient (Wildman–Crippen LogP) is 3.90. The van der Waals surface area contributed by atoms with E-state index in [1.165, 1.54) is 0 Å². The molecular weight excluding hydrogens is 293 g/mol. The van der Waals surface area contributed by atoms with E-state index in [1.54, 1.807) is 12.1 Å². The lowest BCUT2D eigenvalue weighted by Gasteiger charge is -2.16. The van der Waals surface area contributed by atoms with Gasteiger partial charge in [-0.05, 0) is 30.9 Å². The summed E-state index contributed by atoms with van der Waals surface area (Å²) in [7, 11) is 0. The summed E-state index contributed by atoms with van der Waals surface area (Å²) in [4.78, 5) is 0. The van der Waals surface area contributed by atoms with E-state index in [1.807, 2.05) is 0 Å². The Kier molecular flexibility index (Phi) is 5.16. The van der Waals surface area contributed by atoms with Crippen LogP contribution in [0.5, 0.6) is 0 Å². The van der Waals surface area contributed by atoms with Crippen LogP contribution >= 0.6 is 34.8 Å². The van der Waals surface area contributed by atoms with Crippen molar-refractivity contribution in [3.8, 4) is 0 Å². The first-order valence-electron chi connectivity index (χ1n) is 6.10. The van der Waals surface area contributed by atoms with Crippen molar-refractivity contribution in [2.75, 3.05) is 6.54 Å². The van der Waals surface area contributed by atoms with Gasteiger partial charge < -0.3 is 10.4 Å². The first-order chi connectivity index (χ1) is 8.59. The Bertz CT molecular complexity index is 425. The largest absolute Gasteiger partial charge is 0.393 e. The Hall–Kier alpha value is 0.01000. The van der Waals surface area contributed by atoms with Gasteiger partial charge in [0, 0.05) is 23.7 Å². The highest BCUT2D eigenvalue weighted by molar-refractivity contribution is 6.44. The van der Waals surface area contributed by atoms with Crippen LogP contribution in [-0.4, -0.2) is 17.8 Å². The lowest BCUT2D eigenvalue weighted by molar-refractivity contribution is 0.131. The van der Waals surface area contributed by atoms with Gasteiger partial charge in [-0.15, -0.1) is 0 Å². The van der Waals surface area contributed by atoms with Gasteiger partial charge in [0.25, 0.3) is 0 Å². The maximum Gasteiger partial charge on any atom is 0.0652 e. The topological polar surface area (TPSA) is 32.3 Å². The lowest BCUT2D eigenvalue weighted by Crippen LogP contribution is -2.27. The van der Waals surface area contributed by atoms with Crippen molar-refractivity contribution in [2.45, 2.75) is 31.9 Å². The molecular formula is C13H16Cl3NO. The molecule has 0 saturated heterocycles. The molecule has 5 heteroatoms. The molecule has 100 valence electrons. The highest BCUT2D eigenvalue weighted by atomic mass is 35.5. The second-order valence-corrected chi connectivity index (χ2v) is 5.90. The molecule has 2 unspecified atom stereocenters. The standard InChI is InChI=1S/C13H16Cl3NO/c14-10-4-5-11(15)13(16)9(10)7-17-6-8-2-1-3-12(8)18/h4-5,8,12,17-18H,1-3,6-7H2. The van der Waals surface area contributed by atoms with Gasteiger partial charge in [0.15, 0.2) is 0 Å². The summed E-state index contributed by atoms with van der Waals surface area (Å²) in [6.07, 6.45) is 2.91. The number of benzene rings is 1. The molecule has 1 aromatic rings. The fraction of sp³-hybridized carbons (Fsp3) is 0.538. The van der Waals surface area contributed by atoms with Crippen LogP contribution in [0.15, 0.2) is 12.1 Å². The van der Waals surface area contributed by atoms with Gasteiger partial charge >= 0.3 is 0 Å². The smallest absolute Gasteiger partial charge is 0.0652 e.